The molecule has 7 heteroatoms. The van der Waals surface area contributed by atoms with Crippen LogP contribution in [-0.2, 0) is 9.47 Å². The standard InChI is InChI=1S/C16H22BrN3O3/c1-16(2,3)23-15(21)20-13(10-22-4)9-19-12-6-5-11(8-18)14(17)7-12/h5-7,13,19H,9-10H2,1-4H3,(H,20,21)/t13-/m1/s1. The van der Waals surface area contributed by atoms with Gasteiger partial charge >= 0.3 is 6.09 Å². The molecule has 6 nitrogen and oxygen atoms in total. The van der Waals surface area contributed by atoms with Crippen molar-refractivity contribution in [1.29, 1.82) is 5.26 Å². The average Bonchev–Trinajstić information content (AvgIpc) is 2.43. The SMILES string of the molecule is COC[C@@H](CNc1ccc(C#N)c(Br)c1)NC(=O)OC(C)(C)C. The fourth-order valence-corrected chi connectivity index (χ4v) is 2.25. The Kier molecular flexibility index (Phi) is 7.33. The maximum absolute atomic E-state index is 11.8. The first-order valence-corrected chi connectivity index (χ1v) is 7.96. The summed E-state index contributed by atoms with van der Waals surface area (Å²) in [6, 6.07) is 7.18. The number of amides is 1. The van der Waals surface area contributed by atoms with Crippen LogP contribution in [0.5, 0.6) is 0 Å². The highest BCUT2D eigenvalue weighted by Crippen LogP contribution is 2.20. The minimum atomic E-state index is -0.548. The second-order valence-corrected chi connectivity index (χ2v) is 6.84. The van der Waals surface area contributed by atoms with E-state index in [9.17, 15) is 4.79 Å². The lowest BCUT2D eigenvalue weighted by Gasteiger charge is -2.23. The smallest absolute Gasteiger partial charge is 0.408 e. The van der Waals surface area contributed by atoms with Crippen LogP contribution in [0, 0.1) is 11.3 Å². The molecule has 0 spiro atoms. The van der Waals surface area contributed by atoms with Gasteiger partial charge in [-0.1, -0.05) is 0 Å². The number of alkyl carbamates (subject to hydrolysis) is 1. The molecule has 0 aliphatic carbocycles. The summed E-state index contributed by atoms with van der Waals surface area (Å²) in [5.74, 6) is 0. The number of anilines is 1. The van der Waals surface area contributed by atoms with E-state index in [4.69, 9.17) is 14.7 Å². The average molecular weight is 384 g/mol. The Morgan fingerprint density at radius 2 is 2.13 bits per heavy atom. The largest absolute Gasteiger partial charge is 0.444 e. The van der Waals surface area contributed by atoms with Gasteiger partial charge < -0.3 is 20.1 Å². The number of hydrogen-bond donors (Lipinski definition) is 2. The minimum absolute atomic E-state index is 0.246. The van der Waals surface area contributed by atoms with Crippen LogP contribution in [-0.4, -0.2) is 38.0 Å². The van der Waals surface area contributed by atoms with Crippen molar-refractivity contribution in [3.8, 4) is 6.07 Å². The van der Waals surface area contributed by atoms with E-state index in [-0.39, 0.29) is 6.04 Å². The van der Waals surface area contributed by atoms with Gasteiger partial charge in [0.15, 0.2) is 0 Å². The molecule has 0 radical (unpaired) electrons. The van der Waals surface area contributed by atoms with Gasteiger partial charge in [0, 0.05) is 23.8 Å². The third-order valence-corrected chi connectivity index (χ3v) is 3.39. The lowest BCUT2D eigenvalue weighted by atomic mass is 10.2. The summed E-state index contributed by atoms with van der Waals surface area (Å²) < 4.78 is 11.1. The maximum Gasteiger partial charge on any atom is 0.408 e. The van der Waals surface area contributed by atoms with E-state index >= 15 is 0 Å². The van der Waals surface area contributed by atoms with E-state index in [0.717, 1.165) is 5.69 Å². The molecule has 0 aliphatic rings. The number of nitrogens with one attached hydrogen (secondary N) is 2. The Balaban J connectivity index is 2.61. The number of carbonyl (C=O) groups is 1. The van der Waals surface area contributed by atoms with Gasteiger partial charge in [-0.05, 0) is 54.9 Å². The Morgan fingerprint density at radius 1 is 1.43 bits per heavy atom. The fourth-order valence-electron chi connectivity index (χ4n) is 1.78. The number of methoxy groups -OCH3 is 1. The first kappa shape index (κ1) is 19.3. The number of hydrogen-bond acceptors (Lipinski definition) is 5. The zero-order valence-electron chi connectivity index (χ0n) is 13.8. The Hall–Kier alpha value is -1.78. The molecule has 0 saturated carbocycles. The predicted molar refractivity (Wildman–Crippen MR) is 92.4 cm³/mol. The number of carbonyl (C=O) groups excluding carboxylic acids is 1. The predicted octanol–water partition coefficient (Wildman–Crippen LogP) is 3.27. The highest BCUT2D eigenvalue weighted by atomic mass is 79.9. The first-order valence-electron chi connectivity index (χ1n) is 7.17. The molecule has 0 heterocycles. The van der Waals surface area contributed by atoms with Crippen LogP contribution in [0.4, 0.5) is 10.5 Å². The molecule has 1 atom stereocenters. The first-order chi connectivity index (χ1) is 10.7. The van der Waals surface area contributed by atoms with E-state index in [2.05, 4.69) is 32.6 Å². The van der Waals surface area contributed by atoms with Gasteiger partial charge in [-0.2, -0.15) is 5.26 Å². The molecule has 1 aromatic carbocycles. The molecular formula is C16H22BrN3O3. The molecular weight excluding hydrogens is 362 g/mol. The zero-order valence-corrected chi connectivity index (χ0v) is 15.4. The number of benzene rings is 1. The molecule has 23 heavy (non-hydrogen) atoms. The van der Waals surface area contributed by atoms with Gasteiger partial charge in [-0.15, -0.1) is 0 Å². The van der Waals surface area contributed by atoms with Gasteiger partial charge in [0.2, 0.25) is 0 Å². The lowest BCUT2D eigenvalue weighted by Crippen LogP contribution is -2.45. The normalized spacial score (nSPS) is 12.2. The Labute approximate surface area is 145 Å². The van der Waals surface area contributed by atoms with Crippen LogP contribution in [0.3, 0.4) is 0 Å². The zero-order chi connectivity index (χ0) is 17.5. The Bertz CT molecular complexity index is 579. The third kappa shape index (κ3) is 7.35. The maximum atomic E-state index is 11.8. The highest BCUT2D eigenvalue weighted by molar-refractivity contribution is 9.10. The van der Waals surface area contributed by atoms with E-state index in [1.165, 1.54) is 0 Å². The van der Waals surface area contributed by atoms with E-state index < -0.39 is 11.7 Å². The molecule has 1 aromatic rings. The second kappa shape index (κ2) is 8.75. The van der Waals surface area contributed by atoms with Gasteiger partial charge in [0.1, 0.15) is 11.7 Å². The monoisotopic (exact) mass is 383 g/mol. The minimum Gasteiger partial charge on any atom is -0.444 e. The molecule has 0 saturated heterocycles. The van der Waals surface area contributed by atoms with Crippen molar-refractivity contribution < 1.29 is 14.3 Å². The van der Waals surface area contributed by atoms with E-state index in [1.807, 2.05) is 26.8 Å². The van der Waals surface area contributed by atoms with Crippen LogP contribution in [0.15, 0.2) is 22.7 Å². The van der Waals surface area contributed by atoms with Crippen molar-refractivity contribution in [3.63, 3.8) is 0 Å². The Morgan fingerprint density at radius 3 is 2.65 bits per heavy atom. The third-order valence-electron chi connectivity index (χ3n) is 2.73. The van der Waals surface area contributed by atoms with Gasteiger partial charge in [-0.3, -0.25) is 0 Å². The van der Waals surface area contributed by atoms with Crippen LogP contribution in [0.25, 0.3) is 0 Å². The summed E-state index contributed by atoms with van der Waals surface area (Å²) in [6.45, 7) is 6.24. The highest BCUT2D eigenvalue weighted by Gasteiger charge is 2.19. The van der Waals surface area contributed by atoms with E-state index in [0.29, 0.717) is 23.2 Å². The van der Waals surface area contributed by atoms with Crippen molar-refractivity contribution in [2.75, 3.05) is 25.6 Å². The summed E-state index contributed by atoms with van der Waals surface area (Å²) in [7, 11) is 1.57. The number of nitrogens with zero attached hydrogens (tertiary/aromatic N) is 1. The summed E-state index contributed by atoms with van der Waals surface area (Å²) in [5, 5.41) is 14.9. The number of nitriles is 1. The summed E-state index contributed by atoms with van der Waals surface area (Å²) in [5.41, 5.74) is 0.853. The molecule has 0 aromatic heterocycles. The number of rotatable bonds is 6. The van der Waals surface area contributed by atoms with Crippen LogP contribution >= 0.6 is 15.9 Å². The summed E-state index contributed by atoms with van der Waals surface area (Å²) >= 11 is 3.34. The topological polar surface area (TPSA) is 83.4 Å². The van der Waals surface area contributed by atoms with E-state index in [1.54, 1.807) is 19.2 Å². The second-order valence-electron chi connectivity index (χ2n) is 5.99. The lowest BCUT2D eigenvalue weighted by molar-refractivity contribution is 0.0474. The molecule has 0 bridgehead atoms. The van der Waals surface area contributed by atoms with Crippen molar-refractivity contribution >= 4 is 27.7 Å². The molecule has 0 unspecified atom stereocenters. The summed E-state index contributed by atoms with van der Waals surface area (Å²) in [4.78, 5) is 11.8. The van der Waals surface area contributed by atoms with Gasteiger partial charge in [-0.25, -0.2) is 4.79 Å². The van der Waals surface area contributed by atoms with Crippen LogP contribution in [0.2, 0.25) is 0 Å². The quantitative estimate of drug-likeness (QED) is 0.787. The number of halogens is 1. The summed E-state index contributed by atoms with van der Waals surface area (Å²) in [6.07, 6.45) is -0.484. The molecule has 1 rings (SSSR count). The molecule has 1 amide bonds. The number of ether oxygens (including phenoxy) is 2. The molecule has 2 N–H and O–H groups in total. The van der Waals surface area contributed by atoms with Crippen LogP contribution < -0.4 is 10.6 Å². The fraction of sp³-hybridized carbons (Fsp3) is 0.500. The van der Waals surface area contributed by atoms with Gasteiger partial charge in [0.05, 0.1) is 18.2 Å². The van der Waals surface area contributed by atoms with Gasteiger partial charge in [0.25, 0.3) is 0 Å². The van der Waals surface area contributed by atoms with Crippen LogP contribution in [0.1, 0.15) is 26.3 Å². The van der Waals surface area contributed by atoms with Crippen molar-refractivity contribution in [2.24, 2.45) is 0 Å². The molecule has 0 fully saturated rings. The molecule has 0 aliphatic heterocycles. The van der Waals surface area contributed by atoms with Crippen molar-refractivity contribution in [3.05, 3.63) is 28.2 Å². The molecule has 126 valence electrons. The van der Waals surface area contributed by atoms with Crippen molar-refractivity contribution in [1.82, 2.24) is 5.32 Å². The van der Waals surface area contributed by atoms with Crippen molar-refractivity contribution in [2.45, 2.75) is 32.4 Å².